The quantitative estimate of drug-likeness (QED) is 0.665. The maximum Gasteiger partial charge on any atom is 0.325 e. The standard InChI is InChI=1S/C11H19NO4/c1-14-9(13)10(12)3-5-11(6-4-10)15-7-2-8-16-11/h2-8,12H2,1H3. The molecule has 1 aliphatic carbocycles. The van der Waals surface area contributed by atoms with Gasteiger partial charge in [0.1, 0.15) is 5.54 Å². The average Bonchev–Trinajstić information content (AvgIpc) is 2.34. The van der Waals surface area contributed by atoms with Gasteiger partial charge in [-0.15, -0.1) is 0 Å². The molecular formula is C11H19NO4. The van der Waals surface area contributed by atoms with Gasteiger partial charge in [-0.3, -0.25) is 4.79 Å². The maximum atomic E-state index is 11.5. The van der Waals surface area contributed by atoms with E-state index in [1.807, 2.05) is 0 Å². The first-order valence-electron chi connectivity index (χ1n) is 5.75. The Bertz CT molecular complexity index is 263. The minimum Gasteiger partial charge on any atom is -0.468 e. The Morgan fingerprint density at radius 1 is 1.19 bits per heavy atom. The average molecular weight is 229 g/mol. The van der Waals surface area contributed by atoms with Crippen molar-refractivity contribution in [3.8, 4) is 0 Å². The molecule has 16 heavy (non-hydrogen) atoms. The molecule has 2 rings (SSSR count). The molecular weight excluding hydrogens is 210 g/mol. The van der Waals surface area contributed by atoms with Crippen LogP contribution in [0.5, 0.6) is 0 Å². The molecule has 5 nitrogen and oxygen atoms in total. The first kappa shape index (κ1) is 11.8. The Hall–Kier alpha value is -0.650. The van der Waals surface area contributed by atoms with Crippen molar-refractivity contribution in [3.05, 3.63) is 0 Å². The van der Waals surface area contributed by atoms with Gasteiger partial charge in [-0.25, -0.2) is 0 Å². The molecule has 92 valence electrons. The molecule has 1 aliphatic heterocycles. The van der Waals surface area contributed by atoms with Crippen LogP contribution in [-0.2, 0) is 19.0 Å². The van der Waals surface area contributed by atoms with Crippen molar-refractivity contribution in [1.82, 2.24) is 0 Å². The topological polar surface area (TPSA) is 70.8 Å². The summed E-state index contributed by atoms with van der Waals surface area (Å²) in [6.45, 7) is 1.46. The summed E-state index contributed by atoms with van der Waals surface area (Å²) in [7, 11) is 1.37. The van der Waals surface area contributed by atoms with Gasteiger partial charge >= 0.3 is 5.97 Å². The lowest BCUT2D eigenvalue weighted by molar-refractivity contribution is -0.283. The molecule has 0 aromatic carbocycles. The smallest absolute Gasteiger partial charge is 0.325 e. The summed E-state index contributed by atoms with van der Waals surface area (Å²) in [5.41, 5.74) is 5.16. The summed E-state index contributed by atoms with van der Waals surface area (Å²) < 4.78 is 16.1. The predicted molar refractivity (Wildman–Crippen MR) is 56.7 cm³/mol. The van der Waals surface area contributed by atoms with Crippen molar-refractivity contribution < 1.29 is 19.0 Å². The van der Waals surface area contributed by atoms with Crippen LogP contribution in [0.2, 0.25) is 0 Å². The van der Waals surface area contributed by atoms with Crippen molar-refractivity contribution in [2.24, 2.45) is 5.73 Å². The highest BCUT2D eigenvalue weighted by molar-refractivity contribution is 5.80. The molecule has 0 atom stereocenters. The number of nitrogens with two attached hydrogens (primary N) is 1. The summed E-state index contributed by atoms with van der Waals surface area (Å²) in [6.07, 6.45) is 3.38. The second-order valence-electron chi connectivity index (χ2n) is 4.61. The Labute approximate surface area is 95.2 Å². The predicted octanol–water partition coefficient (Wildman–Crippen LogP) is 0.564. The van der Waals surface area contributed by atoms with Gasteiger partial charge in [-0.2, -0.15) is 0 Å². The van der Waals surface area contributed by atoms with E-state index in [0.29, 0.717) is 25.7 Å². The maximum absolute atomic E-state index is 11.5. The van der Waals surface area contributed by atoms with Gasteiger partial charge < -0.3 is 19.9 Å². The molecule has 2 aliphatic rings. The third-order valence-electron chi connectivity index (χ3n) is 3.51. The van der Waals surface area contributed by atoms with Crippen LogP contribution >= 0.6 is 0 Å². The number of ether oxygens (including phenoxy) is 3. The van der Waals surface area contributed by atoms with Crippen molar-refractivity contribution in [2.75, 3.05) is 20.3 Å². The van der Waals surface area contributed by atoms with E-state index in [4.69, 9.17) is 19.9 Å². The van der Waals surface area contributed by atoms with E-state index in [-0.39, 0.29) is 5.97 Å². The molecule has 5 heteroatoms. The highest BCUT2D eigenvalue weighted by Crippen LogP contribution is 2.39. The molecule has 0 aromatic rings. The SMILES string of the molecule is COC(=O)C1(N)CCC2(CC1)OCCCO2. The lowest BCUT2D eigenvalue weighted by Gasteiger charge is -2.44. The fourth-order valence-corrected chi connectivity index (χ4v) is 2.39. The molecule has 2 N–H and O–H groups in total. The van der Waals surface area contributed by atoms with Crippen LogP contribution in [-0.4, -0.2) is 37.6 Å². The molecule has 1 saturated heterocycles. The number of esters is 1. The Kier molecular flexibility index (Phi) is 3.19. The van der Waals surface area contributed by atoms with Gasteiger partial charge in [0.2, 0.25) is 0 Å². The van der Waals surface area contributed by atoms with Crippen LogP contribution in [0, 0.1) is 0 Å². The van der Waals surface area contributed by atoms with Crippen LogP contribution in [0.1, 0.15) is 32.1 Å². The van der Waals surface area contributed by atoms with Gasteiger partial charge in [-0.05, 0) is 19.3 Å². The molecule has 0 bridgehead atoms. The van der Waals surface area contributed by atoms with Gasteiger partial charge in [0, 0.05) is 12.8 Å². The van der Waals surface area contributed by atoms with Gasteiger partial charge in [-0.1, -0.05) is 0 Å². The number of methoxy groups -OCH3 is 1. The molecule has 1 spiro atoms. The number of carbonyl (C=O) groups excluding carboxylic acids is 1. The zero-order chi connectivity index (χ0) is 11.6. The third kappa shape index (κ3) is 2.07. The van der Waals surface area contributed by atoms with E-state index in [9.17, 15) is 4.79 Å². The van der Waals surface area contributed by atoms with Gasteiger partial charge in [0.25, 0.3) is 0 Å². The van der Waals surface area contributed by atoms with Crippen molar-refractivity contribution in [1.29, 1.82) is 0 Å². The summed E-state index contributed by atoms with van der Waals surface area (Å²) in [5, 5.41) is 0. The molecule has 1 heterocycles. The van der Waals surface area contributed by atoms with E-state index in [1.165, 1.54) is 7.11 Å². The van der Waals surface area contributed by atoms with Crippen LogP contribution in [0.25, 0.3) is 0 Å². The van der Waals surface area contributed by atoms with E-state index >= 15 is 0 Å². The normalized spacial score (nSPS) is 27.6. The first-order chi connectivity index (χ1) is 7.60. The summed E-state index contributed by atoms with van der Waals surface area (Å²) in [4.78, 5) is 11.5. The Morgan fingerprint density at radius 3 is 2.25 bits per heavy atom. The van der Waals surface area contributed by atoms with Crippen LogP contribution in [0.15, 0.2) is 0 Å². The van der Waals surface area contributed by atoms with Gasteiger partial charge in [0.15, 0.2) is 5.79 Å². The number of hydrogen-bond donors (Lipinski definition) is 1. The van der Waals surface area contributed by atoms with E-state index < -0.39 is 11.3 Å². The summed E-state index contributed by atoms with van der Waals surface area (Å²) >= 11 is 0. The second kappa shape index (κ2) is 4.31. The van der Waals surface area contributed by atoms with Crippen molar-refractivity contribution in [2.45, 2.75) is 43.4 Å². The minimum absolute atomic E-state index is 0.335. The molecule has 1 saturated carbocycles. The molecule has 0 radical (unpaired) electrons. The minimum atomic E-state index is -0.857. The Balaban J connectivity index is 1.97. The first-order valence-corrected chi connectivity index (χ1v) is 5.75. The lowest BCUT2D eigenvalue weighted by Crippen LogP contribution is -2.56. The van der Waals surface area contributed by atoms with Crippen molar-refractivity contribution in [3.63, 3.8) is 0 Å². The molecule has 0 aromatic heterocycles. The number of carbonyl (C=O) groups is 1. The fourth-order valence-electron chi connectivity index (χ4n) is 2.39. The fraction of sp³-hybridized carbons (Fsp3) is 0.909. The Morgan fingerprint density at radius 2 is 1.75 bits per heavy atom. The largest absolute Gasteiger partial charge is 0.468 e. The highest BCUT2D eigenvalue weighted by atomic mass is 16.7. The van der Waals surface area contributed by atoms with E-state index in [2.05, 4.69) is 0 Å². The molecule has 0 amide bonds. The van der Waals surface area contributed by atoms with Crippen LogP contribution in [0.3, 0.4) is 0 Å². The third-order valence-corrected chi connectivity index (χ3v) is 3.51. The monoisotopic (exact) mass is 229 g/mol. The lowest BCUT2D eigenvalue weighted by atomic mass is 9.79. The van der Waals surface area contributed by atoms with Crippen LogP contribution in [0.4, 0.5) is 0 Å². The van der Waals surface area contributed by atoms with E-state index in [1.54, 1.807) is 0 Å². The van der Waals surface area contributed by atoms with E-state index in [0.717, 1.165) is 19.6 Å². The molecule has 2 fully saturated rings. The number of hydrogen-bond acceptors (Lipinski definition) is 5. The number of rotatable bonds is 1. The zero-order valence-corrected chi connectivity index (χ0v) is 9.66. The van der Waals surface area contributed by atoms with Gasteiger partial charge in [0.05, 0.1) is 20.3 Å². The second-order valence-corrected chi connectivity index (χ2v) is 4.61. The van der Waals surface area contributed by atoms with Crippen LogP contribution < -0.4 is 5.73 Å². The summed E-state index contributed by atoms with van der Waals surface area (Å²) in [6, 6.07) is 0. The molecule has 0 unspecified atom stereocenters. The van der Waals surface area contributed by atoms with Crippen molar-refractivity contribution >= 4 is 5.97 Å². The summed E-state index contributed by atoms with van der Waals surface area (Å²) in [5.74, 6) is -0.826. The highest BCUT2D eigenvalue weighted by Gasteiger charge is 2.47. The zero-order valence-electron chi connectivity index (χ0n) is 9.66.